The van der Waals surface area contributed by atoms with Crippen LogP contribution < -0.4 is 0 Å². The third kappa shape index (κ3) is 2.36. The van der Waals surface area contributed by atoms with Crippen molar-refractivity contribution >= 4 is 21.7 Å². The summed E-state index contributed by atoms with van der Waals surface area (Å²) in [7, 11) is 0. The molecule has 1 heterocycles. The summed E-state index contributed by atoms with van der Waals surface area (Å²) in [4.78, 5) is 16.1. The molecule has 0 fully saturated rings. The summed E-state index contributed by atoms with van der Waals surface area (Å²) >= 11 is 3.29. The molecule has 0 spiro atoms. The molecular weight excluding hydrogens is 266 g/mol. The largest absolute Gasteiger partial charge is 0.287 e. The van der Waals surface area contributed by atoms with Gasteiger partial charge in [-0.05, 0) is 41.1 Å². The fourth-order valence-corrected chi connectivity index (χ4v) is 1.68. The molecule has 16 heavy (non-hydrogen) atoms. The van der Waals surface area contributed by atoms with Gasteiger partial charge in [-0.3, -0.25) is 9.78 Å². The van der Waals surface area contributed by atoms with Gasteiger partial charge in [-0.1, -0.05) is 23.8 Å². The molecule has 2 nitrogen and oxygen atoms in total. The summed E-state index contributed by atoms with van der Waals surface area (Å²) in [5.41, 5.74) is 2.21. The Morgan fingerprint density at radius 3 is 2.69 bits per heavy atom. The molecule has 0 N–H and O–H groups in total. The van der Waals surface area contributed by atoms with Crippen LogP contribution in [0.2, 0.25) is 0 Å². The third-order valence-electron chi connectivity index (χ3n) is 2.24. The molecule has 1 aromatic heterocycles. The van der Waals surface area contributed by atoms with Gasteiger partial charge in [0.15, 0.2) is 0 Å². The van der Waals surface area contributed by atoms with E-state index in [1.807, 2.05) is 31.2 Å². The number of halogens is 1. The molecule has 1 aromatic carbocycles. The van der Waals surface area contributed by atoms with Crippen LogP contribution in [0, 0.1) is 6.92 Å². The highest BCUT2D eigenvalue weighted by Gasteiger charge is 2.09. The summed E-state index contributed by atoms with van der Waals surface area (Å²) in [6.45, 7) is 1.96. The van der Waals surface area contributed by atoms with Gasteiger partial charge in [-0.25, -0.2) is 0 Å². The van der Waals surface area contributed by atoms with Crippen LogP contribution in [0.1, 0.15) is 21.6 Å². The molecule has 3 heteroatoms. The van der Waals surface area contributed by atoms with E-state index in [1.165, 1.54) is 0 Å². The van der Waals surface area contributed by atoms with Crippen molar-refractivity contribution in [2.75, 3.05) is 0 Å². The average Bonchev–Trinajstić information content (AvgIpc) is 2.29. The minimum atomic E-state index is -0.0452. The molecule has 80 valence electrons. The first-order valence-corrected chi connectivity index (χ1v) is 5.69. The Labute approximate surface area is 102 Å². The van der Waals surface area contributed by atoms with Crippen molar-refractivity contribution in [3.05, 3.63) is 63.9 Å². The summed E-state index contributed by atoms with van der Waals surface area (Å²) in [6, 6.07) is 11.0. The first kappa shape index (κ1) is 11.0. The number of carbonyl (C=O) groups is 1. The zero-order chi connectivity index (χ0) is 11.5. The van der Waals surface area contributed by atoms with Crippen LogP contribution in [0.5, 0.6) is 0 Å². The molecule has 0 radical (unpaired) electrons. The Balaban J connectivity index is 2.35. The second-order valence-corrected chi connectivity index (χ2v) is 4.48. The van der Waals surface area contributed by atoms with E-state index in [0.717, 1.165) is 10.0 Å². The molecule has 2 rings (SSSR count). The second kappa shape index (κ2) is 4.58. The minimum absolute atomic E-state index is 0.0452. The number of hydrogen-bond donors (Lipinski definition) is 0. The van der Waals surface area contributed by atoms with Crippen molar-refractivity contribution in [2.24, 2.45) is 0 Å². The van der Waals surface area contributed by atoms with E-state index in [2.05, 4.69) is 20.9 Å². The van der Waals surface area contributed by atoms with Gasteiger partial charge in [0.05, 0.1) is 0 Å². The van der Waals surface area contributed by atoms with Gasteiger partial charge in [0.1, 0.15) is 5.69 Å². The zero-order valence-corrected chi connectivity index (χ0v) is 10.4. The third-order valence-corrected chi connectivity index (χ3v) is 2.71. The van der Waals surface area contributed by atoms with Gasteiger partial charge in [-0.2, -0.15) is 0 Å². The summed E-state index contributed by atoms with van der Waals surface area (Å²) in [6.07, 6.45) is 1.63. The number of benzene rings is 1. The standard InChI is InChI=1S/C13H10BrNO/c1-9-3-2-4-10(7-9)13(16)12-6-5-11(14)8-15-12/h2-8H,1H3. The van der Waals surface area contributed by atoms with Crippen LogP contribution in [-0.4, -0.2) is 10.8 Å². The van der Waals surface area contributed by atoms with Gasteiger partial charge in [-0.15, -0.1) is 0 Å². The summed E-state index contributed by atoms with van der Waals surface area (Å²) in [5, 5.41) is 0. The lowest BCUT2D eigenvalue weighted by Crippen LogP contribution is -2.03. The number of nitrogens with zero attached hydrogens (tertiary/aromatic N) is 1. The maximum atomic E-state index is 12.0. The zero-order valence-electron chi connectivity index (χ0n) is 8.77. The van der Waals surface area contributed by atoms with E-state index in [4.69, 9.17) is 0 Å². The number of carbonyl (C=O) groups excluding carboxylic acids is 1. The Kier molecular flexibility index (Phi) is 3.15. The quantitative estimate of drug-likeness (QED) is 0.787. The highest BCUT2D eigenvalue weighted by atomic mass is 79.9. The second-order valence-electron chi connectivity index (χ2n) is 3.56. The van der Waals surface area contributed by atoms with Crippen molar-refractivity contribution in [3.8, 4) is 0 Å². The van der Waals surface area contributed by atoms with E-state index in [9.17, 15) is 4.79 Å². The minimum Gasteiger partial charge on any atom is -0.287 e. The number of aryl methyl sites for hydroxylation is 1. The van der Waals surface area contributed by atoms with E-state index in [-0.39, 0.29) is 5.78 Å². The maximum absolute atomic E-state index is 12.0. The van der Waals surface area contributed by atoms with Crippen molar-refractivity contribution in [1.29, 1.82) is 0 Å². The first-order chi connectivity index (χ1) is 7.66. The lowest BCUT2D eigenvalue weighted by Gasteiger charge is -2.01. The lowest BCUT2D eigenvalue weighted by molar-refractivity contribution is 0.103. The molecule has 0 aliphatic carbocycles. The van der Waals surface area contributed by atoms with E-state index < -0.39 is 0 Å². The number of hydrogen-bond acceptors (Lipinski definition) is 2. The highest BCUT2D eigenvalue weighted by Crippen LogP contribution is 2.12. The summed E-state index contributed by atoms with van der Waals surface area (Å²) in [5.74, 6) is -0.0452. The van der Waals surface area contributed by atoms with Gasteiger partial charge < -0.3 is 0 Å². The molecule has 0 unspecified atom stereocenters. The monoisotopic (exact) mass is 275 g/mol. The van der Waals surface area contributed by atoms with Crippen LogP contribution >= 0.6 is 15.9 Å². The van der Waals surface area contributed by atoms with Crippen LogP contribution in [0.25, 0.3) is 0 Å². The van der Waals surface area contributed by atoms with Crippen LogP contribution in [0.4, 0.5) is 0 Å². The molecule has 0 amide bonds. The topological polar surface area (TPSA) is 30.0 Å². The van der Waals surface area contributed by atoms with E-state index >= 15 is 0 Å². The molecule has 2 aromatic rings. The Morgan fingerprint density at radius 2 is 2.06 bits per heavy atom. The van der Waals surface area contributed by atoms with Crippen molar-refractivity contribution in [1.82, 2.24) is 4.98 Å². The molecule has 0 saturated heterocycles. The maximum Gasteiger partial charge on any atom is 0.211 e. The number of pyridine rings is 1. The average molecular weight is 276 g/mol. The normalized spacial score (nSPS) is 10.1. The van der Waals surface area contributed by atoms with Crippen molar-refractivity contribution in [2.45, 2.75) is 6.92 Å². The summed E-state index contributed by atoms with van der Waals surface area (Å²) < 4.78 is 0.869. The highest BCUT2D eigenvalue weighted by molar-refractivity contribution is 9.10. The van der Waals surface area contributed by atoms with Crippen molar-refractivity contribution in [3.63, 3.8) is 0 Å². The van der Waals surface area contributed by atoms with E-state index in [0.29, 0.717) is 11.3 Å². The smallest absolute Gasteiger partial charge is 0.211 e. The van der Waals surface area contributed by atoms with Crippen molar-refractivity contribution < 1.29 is 4.79 Å². The predicted molar refractivity (Wildman–Crippen MR) is 66.5 cm³/mol. The van der Waals surface area contributed by atoms with Crippen LogP contribution in [-0.2, 0) is 0 Å². The SMILES string of the molecule is Cc1cccc(C(=O)c2ccc(Br)cn2)c1. The predicted octanol–water partition coefficient (Wildman–Crippen LogP) is 3.38. The number of ketones is 1. The van der Waals surface area contributed by atoms with Crippen LogP contribution in [0.3, 0.4) is 0 Å². The first-order valence-electron chi connectivity index (χ1n) is 4.90. The van der Waals surface area contributed by atoms with E-state index in [1.54, 1.807) is 18.3 Å². The number of aromatic nitrogens is 1. The molecular formula is C13H10BrNO. The molecule has 0 aliphatic heterocycles. The number of rotatable bonds is 2. The van der Waals surface area contributed by atoms with Gasteiger partial charge in [0.2, 0.25) is 5.78 Å². The lowest BCUT2D eigenvalue weighted by atomic mass is 10.1. The van der Waals surface area contributed by atoms with Gasteiger partial charge >= 0.3 is 0 Å². The molecule has 0 saturated carbocycles. The van der Waals surface area contributed by atoms with Gasteiger partial charge in [0, 0.05) is 16.2 Å². The molecule has 0 aliphatic rings. The fourth-order valence-electron chi connectivity index (χ4n) is 1.44. The molecule has 0 bridgehead atoms. The fraction of sp³-hybridized carbons (Fsp3) is 0.0769. The Bertz CT molecular complexity index is 520. The van der Waals surface area contributed by atoms with Crippen LogP contribution in [0.15, 0.2) is 47.1 Å². The van der Waals surface area contributed by atoms with Gasteiger partial charge in [0.25, 0.3) is 0 Å². The Hall–Kier alpha value is -1.48. The Morgan fingerprint density at radius 1 is 1.25 bits per heavy atom. The molecule has 0 atom stereocenters.